The van der Waals surface area contributed by atoms with Crippen molar-refractivity contribution in [3.63, 3.8) is 0 Å². The van der Waals surface area contributed by atoms with Crippen molar-refractivity contribution < 1.29 is 10.8 Å². The number of para-hydroxylation sites is 1. The maximum atomic E-state index is 9.11. The fraction of sp³-hybridized carbons (Fsp3) is 0.262. The first-order valence-electron chi connectivity index (χ1n) is 25.8. The van der Waals surface area contributed by atoms with Crippen LogP contribution in [0, 0.1) is 0 Å². The number of hydrogen-bond donors (Lipinski definition) is 0. The molecule has 0 fully saturated rings. The molecule has 0 radical (unpaired) electrons. The van der Waals surface area contributed by atoms with E-state index in [0.717, 1.165) is 83.8 Å². The number of rotatable bonds is 6. The van der Waals surface area contributed by atoms with E-state index in [2.05, 4.69) is 250 Å². The van der Waals surface area contributed by atoms with Gasteiger partial charge >= 0.3 is 0 Å². The van der Waals surface area contributed by atoms with Crippen LogP contribution in [0.15, 0.2) is 164 Å². The number of ether oxygens (including phenoxy) is 2. The molecule has 0 bridgehead atoms. The highest BCUT2D eigenvalue weighted by molar-refractivity contribution is 6.99. The molecular weight excluding hydrogens is 866 g/mol. The van der Waals surface area contributed by atoms with Crippen LogP contribution in [0.25, 0.3) is 21.8 Å². The van der Waals surface area contributed by atoms with E-state index in [1.807, 2.05) is 12.1 Å². The Kier molecular flexibility index (Phi) is 10.4. The standard InChI is InChI=1S/C65H66BN3O2/c1-62(2,3)41-21-29-45(30-22-41)68(46-31-23-42(24-32-46)63(4,5)6)49-37-38-51-56(39-49)70-54-19-16-20-55-59(54)66(51)60-57(71-55)40-53(58-50-17-14-15-18-52(50)67(13)61(58)60)69(47-33-25-43(26-34-47)64(7,8)9)48-35-27-44(28-36-48)65(10,11)12/h14-40H,1-13H3/i16D. The number of nitrogens with zero attached hydrogens (tertiary/aromatic N) is 3. The van der Waals surface area contributed by atoms with Gasteiger partial charge in [-0.15, -0.1) is 0 Å². The zero-order valence-electron chi connectivity index (χ0n) is 44.7. The molecule has 0 aliphatic carbocycles. The molecule has 5 nitrogen and oxygen atoms in total. The smallest absolute Gasteiger partial charge is 0.263 e. The van der Waals surface area contributed by atoms with Gasteiger partial charge in [0.1, 0.15) is 23.0 Å². The highest BCUT2D eigenvalue weighted by atomic mass is 16.5. The third-order valence-corrected chi connectivity index (χ3v) is 14.9. The Balaban J connectivity index is 1.14. The summed E-state index contributed by atoms with van der Waals surface area (Å²) >= 11 is 0. The Morgan fingerprint density at radius 2 is 0.859 bits per heavy atom. The number of anilines is 6. The molecule has 1 aromatic heterocycles. The van der Waals surface area contributed by atoms with Crippen molar-refractivity contribution in [3.05, 3.63) is 186 Å². The van der Waals surface area contributed by atoms with Crippen molar-refractivity contribution in [2.75, 3.05) is 9.80 Å². The van der Waals surface area contributed by atoms with Gasteiger partial charge in [0, 0.05) is 74.9 Å². The third kappa shape index (κ3) is 7.97. The lowest BCUT2D eigenvalue weighted by Gasteiger charge is -2.36. The van der Waals surface area contributed by atoms with Crippen LogP contribution in [-0.4, -0.2) is 11.3 Å². The molecular formula is C65H66BN3O2. The molecule has 2 aliphatic heterocycles. The van der Waals surface area contributed by atoms with Gasteiger partial charge in [-0.25, -0.2) is 0 Å². The first kappa shape index (κ1) is 45.0. The molecule has 11 rings (SSSR count). The second-order valence-corrected chi connectivity index (χ2v) is 23.9. The van der Waals surface area contributed by atoms with Crippen LogP contribution in [0.1, 0.15) is 107 Å². The van der Waals surface area contributed by atoms with Crippen molar-refractivity contribution in [3.8, 4) is 23.0 Å². The van der Waals surface area contributed by atoms with Gasteiger partial charge in [0.2, 0.25) is 0 Å². The highest BCUT2D eigenvalue weighted by Gasteiger charge is 2.43. The Morgan fingerprint density at radius 1 is 0.437 bits per heavy atom. The minimum absolute atomic E-state index is 0.00230. The van der Waals surface area contributed by atoms with Gasteiger partial charge in [-0.2, -0.15) is 0 Å². The molecule has 8 aromatic carbocycles. The van der Waals surface area contributed by atoms with Crippen molar-refractivity contribution >= 4 is 79.0 Å². The topological polar surface area (TPSA) is 29.9 Å². The molecule has 0 atom stereocenters. The molecule has 0 unspecified atom stereocenters. The summed E-state index contributed by atoms with van der Waals surface area (Å²) < 4.78 is 25.6. The molecule has 9 aromatic rings. The molecule has 71 heavy (non-hydrogen) atoms. The SMILES string of the molecule is [2H]c1cc2c3c(c1)Oc1cc(N(c4ccc(C(C)(C)C)cc4)c4ccc(C(C)(C)C)cc4)c4c5ccccc5n(C)c4c1B3c1ccc(N(c3ccc(C(C)(C)C)cc3)c3ccc(C(C)(C)C)cc3)cc1O2. The fourth-order valence-electron chi connectivity index (χ4n) is 10.8. The van der Waals surface area contributed by atoms with E-state index in [4.69, 9.17) is 10.8 Å². The predicted octanol–water partition coefficient (Wildman–Crippen LogP) is 16.2. The molecule has 2 aliphatic rings. The summed E-state index contributed by atoms with van der Waals surface area (Å²) in [6.07, 6.45) is 0. The van der Waals surface area contributed by atoms with Gasteiger partial charge in [-0.05, 0) is 128 Å². The van der Waals surface area contributed by atoms with Gasteiger partial charge in [-0.1, -0.05) is 162 Å². The van der Waals surface area contributed by atoms with E-state index in [9.17, 15) is 0 Å². The van der Waals surface area contributed by atoms with Gasteiger partial charge in [0.15, 0.2) is 0 Å². The van der Waals surface area contributed by atoms with Crippen LogP contribution in [0.2, 0.25) is 0 Å². The molecule has 0 saturated carbocycles. The van der Waals surface area contributed by atoms with E-state index in [0.29, 0.717) is 17.5 Å². The molecule has 0 spiro atoms. The van der Waals surface area contributed by atoms with Gasteiger partial charge in [0.05, 0.1) is 7.06 Å². The summed E-state index contributed by atoms with van der Waals surface area (Å²) in [4.78, 5) is 4.73. The number of hydrogen-bond acceptors (Lipinski definition) is 4. The number of aromatic nitrogens is 1. The summed E-state index contributed by atoms with van der Waals surface area (Å²) in [6, 6.07) is 57.8. The molecule has 0 amide bonds. The van der Waals surface area contributed by atoms with E-state index < -0.39 is 0 Å². The molecule has 0 N–H and O–H groups in total. The normalized spacial score (nSPS) is 13.5. The third-order valence-electron chi connectivity index (χ3n) is 14.9. The monoisotopic (exact) mass is 933 g/mol. The van der Waals surface area contributed by atoms with Crippen molar-refractivity contribution in [2.45, 2.75) is 105 Å². The van der Waals surface area contributed by atoms with Gasteiger partial charge in [0.25, 0.3) is 6.71 Å². The number of fused-ring (bicyclic) bond motifs is 8. The van der Waals surface area contributed by atoms with Crippen molar-refractivity contribution in [1.29, 1.82) is 0 Å². The quantitative estimate of drug-likeness (QED) is 0.155. The Hall–Kier alpha value is -7.18. The second kappa shape index (κ2) is 16.4. The summed E-state index contributed by atoms with van der Waals surface area (Å²) in [7, 11) is 2.19. The summed E-state index contributed by atoms with van der Waals surface area (Å²) in [5, 5.41) is 2.31. The Morgan fingerprint density at radius 3 is 1.32 bits per heavy atom. The highest BCUT2D eigenvalue weighted by Crippen LogP contribution is 2.48. The van der Waals surface area contributed by atoms with E-state index in [-0.39, 0.29) is 28.4 Å². The number of aryl methyl sites for hydroxylation is 1. The van der Waals surface area contributed by atoms with Gasteiger partial charge in [-0.3, -0.25) is 0 Å². The van der Waals surface area contributed by atoms with Crippen molar-refractivity contribution in [1.82, 2.24) is 4.57 Å². The zero-order chi connectivity index (χ0) is 50.8. The van der Waals surface area contributed by atoms with Crippen LogP contribution in [0.5, 0.6) is 23.0 Å². The lowest BCUT2D eigenvalue weighted by Crippen LogP contribution is -2.58. The number of benzene rings is 8. The van der Waals surface area contributed by atoms with Crippen LogP contribution in [0.3, 0.4) is 0 Å². The second-order valence-electron chi connectivity index (χ2n) is 23.9. The maximum Gasteiger partial charge on any atom is 0.263 e. The molecule has 0 saturated heterocycles. The lowest BCUT2D eigenvalue weighted by atomic mass is 9.34. The van der Waals surface area contributed by atoms with E-state index in [1.165, 1.54) is 22.3 Å². The van der Waals surface area contributed by atoms with Crippen LogP contribution in [0.4, 0.5) is 34.1 Å². The minimum Gasteiger partial charge on any atom is -0.458 e. The van der Waals surface area contributed by atoms with Gasteiger partial charge < -0.3 is 23.8 Å². The molecule has 356 valence electrons. The minimum atomic E-state index is -0.257. The Labute approximate surface area is 423 Å². The van der Waals surface area contributed by atoms with E-state index >= 15 is 0 Å². The Bertz CT molecular complexity index is 3430. The van der Waals surface area contributed by atoms with Crippen LogP contribution >= 0.6 is 0 Å². The summed E-state index contributed by atoms with van der Waals surface area (Å²) in [5.41, 5.74) is 16.7. The predicted molar refractivity (Wildman–Crippen MR) is 302 cm³/mol. The summed E-state index contributed by atoms with van der Waals surface area (Å²) in [5.74, 6) is 2.80. The molecule has 6 heteroatoms. The van der Waals surface area contributed by atoms with E-state index in [1.54, 1.807) is 0 Å². The van der Waals surface area contributed by atoms with Crippen LogP contribution < -0.4 is 35.7 Å². The largest absolute Gasteiger partial charge is 0.458 e. The average Bonchev–Trinajstić information content (AvgIpc) is 3.62. The average molecular weight is 933 g/mol. The first-order valence-corrected chi connectivity index (χ1v) is 25.3. The first-order chi connectivity index (χ1) is 34.0. The zero-order valence-corrected chi connectivity index (χ0v) is 43.7. The maximum absolute atomic E-state index is 9.11. The fourth-order valence-corrected chi connectivity index (χ4v) is 10.8. The van der Waals surface area contributed by atoms with Crippen molar-refractivity contribution in [2.24, 2.45) is 7.05 Å². The summed E-state index contributed by atoms with van der Waals surface area (Å²) in [6.45, 7) is 26.9. The van der Waals surface area contributed by atoms with Crippen LogP contribution in [-0.2, 0) is 28.7 Å². The lowest BCUT2D eigenvalue weighted by molar-refractivity contribution is 0.465. The molecule has 3 heterocycles.